The number of rotatable bonds is 6. The molecule has 9 heteroatoms. The van der Waals surface area contributed by atoms with Crippen molar-refractivity contribution in [2.24, 2.45) is 0 Å². The van der Waals surface area contributed by atoms with Gasteiger partial charge in [0.1, 0.15) is 11.3 Å². The summed E-state index contributed by atoms with van der Waals surface area (Å²) in [6.07, 6.45) is 1.93. The van der Waals surface area contributed by atoms with Gasteiger partial charge in [-0.2, -0.15) is 0 Å². The van der Waals surface area contributed by atoms with Crippen LogP contribution in [0.25, 0.3) is 39.5 Å². The molecule has 0 fully saturated rings. The van der Waals surface area contributed by atoms with E-state index in [0.717, 1.165) is 22.5 Å². The fourth-order valence-electron chi connectivity index (χ4n) is 4.15. The van der Waals surface area contributed by atoms with Crippen molar-refractivity contribution in [2.75, 3.05) is 18.1 Å². The smallest absolute Gasteiger partial charge is 0.224 e. The van der Waals surface area contributed by atoms with Gasteiger partial charge in [0.2, 0.25) is 11.8 Å². The molecule has 5 aromatic rings. The average molecular weight is 508 g/mol. The molecular formula is C29H29N7O2. The minimum atomic E-state index is -0.141. The number of anilines is 2. The molecule has 0 radical (unpaired) electrons. The van der Waals surface area contributed by atoms with Crippen LogP contribution in [0.4, 0.5) is 11.5 Å². The first-order valence-corrected chi connectivity index (χ1v) is 11.7. The molecule has 38 heavy (non-hydrogen) atoms. The Morgan fingerprint density at radius 1 is 0.974 bits per heavy atom. The largest absolute Gasteiger partial charge is 0.383 e. The average Bonchev–Trinajstić information content (AvgIpc) is 3.27. The highest BCUT2D eigenvalue weighted by molar-refractivity contribution is 5.90. The van der Waals surface area contributed by atoms with Crippen molar-refractivity contribution in [1.29, 1.82) is 0 Å². The number of nitrogens with two attached hydrogens (primary N) is 1. The number of imidazole rings is 1. The molecule has 0 saturated carbocycles. The predicted octanol–water partition coefficient (Wildman–Crippen LogP) is 4.61. The Bertz CT molecular complexity index is 1620. The molecule has 2 aromatic carbocycles. The number of pyridine rings is 2. The summed E-state index contributed by atoms with van der Waals surface area (Å²) in [6.45, 7) is 1.47. The van der Waals surface area contributed by atoms with Crippen molar-refractivity contribution in [3.63, 3.8) is 0 Å². The SMILES string of the molecule is C.CNC(=O)Cc1ccc(-n2c(-c3cccnc3N)nc3ccc(-c4cccc(NC(C)=O)c4)nc32)cc1. The lowest BCUT2D eigenvalue weighted by Gasteiger charge is -2.12. The molecule has 192 valence electrons. The third kappa shape index (κ3) is 5.22. The van der Waals surface area contributed by atoms with Crippen LogP contribution < -0.4 is 16.4 Å². The molecule has 0 aliphatic heterocycles. The Labute approximate surface area is 220 Å². The van der Waals surface area contributed by atoms with Crippen LogP contribution in [-0.2, 0) is 16.0 Å². The summed E-state index contributed by atoms with van der Waals surface area (Å²) in [5.74, 6) is 0.768. The van der Waals surface area contributed by atoms with E-state index in [1.54, 1.807) is 13.2 Å². The van der Waals surface area contributed by atoms with Crippen molar-refractivity contribution in [3.8, 4) is 28.3 Å². The molecule has 0 aliphatic rings. The van der Waals surface area contributed by atoms with Crippen molar-refractivity contribution in [1.82, 2.24) is 24.8 Å². The molecule has 9 nitrogen and oxygen atoms in total. The fraction of sp³-hybridized carbons (Fsp3) is 0.138. The van der Waals surface area contributed by atoms with E-state index in [9.17, 15) is 9.59 Å². The van der Waals surface area contributed by atoms with E-state index in [1.807, 2.05) is 77.4 Å². The van der Waals surface area contributed by atoms with E-state index >= 15 is 0 Å². The minimum Gasteiger partial charge on any atom is -0.383 e. The fourth-order valence-corrected chi connectivity index (χ4v) is 4.15. The van der Waals surface area contributed by atoms with Crippen LogP contribution in [0.2, 0.25) is 0 Å². The molecule has 2 amide bonds. The summed E-state index contributed by atoms with van der Waals surface area (Å²) >= 11 is 0. The van der Waals surface area contributed by atoms with E-state index in [0.29, 0.717) is 34.1 Å². The zero-order valence-electron chi connectivity index (χ0n) is 20.4. The summed E-state index contributed by atoms with van der Waals surface area (Å²) < 4.78 is 1.94. The van der Waals surface area contributed by atoms with Crippen molar-refractivity contribution in [2.45, 2.75) is 20.8 Å². The molecule has 0 atom stereocenters. The summed E-state index contributed by atoms with van der Waals surface area (Å²) in [7, 11) is 1.62. The maximum Gasteiger partial charge on any atom is 0.224 e. The van der Waals surface area contributed by atoms with E-state index < -0.39 is 0 Å². The lowest BCUT2D eigenvalue weighted by Crippen LogP contribution is -2.19. The van der Waals surface area contributed by atoms with Crippen molar-refractivity contribution >= 4 is 34.5 Å². The number of nitrogen functional groups attached to an aromatic ring is 1. The van der Waals surface area contributed by atoms with Gasteiger partial charge in [-0.3, -0.25) is 14.2 Å². The molecule has 0 saturated heterocycles. The molecule has 0 spiro atoms. The van der Waals surface area contributed by atoms with Crippen LogP contribution in [0.3, 0.4) is 0 Å². The number of carbonyl (C=O) groups is 2. The van der Waals surface area contributed by atoms with Crippen molar-refractivity contribution < 1.29 is 9.59 Å². The first-order valence-electron chi connectivity index (χ1n) is 11.7. The van der Waals surface area contributed by atoms with E-state index in [4.69, 9.17) is 15.7 Å². The van der Waals surface area contributed by atoms with Gasteiger partial charge in [0.15, 0.2) is 11.5 Å². The van der Waals surface area contributed by atoms with Crippen LogP contribution in [-0.4, -0.2) is 38.4 Å². The standard InChI is InChI=1S/C28H25N7O2.CH4/c1-17(36)32-20-6-3-5-19(16-20)23-12-13-24-28(33-23)35(27(34-24)22-7-4-14-31-26(22)29)21-10-8-18(9-11-21)15-25(37)30-2;/h3-14,16H,15H2,1-2H3,(H2,29,31)(H,30,37)(H,32,36);1H4. The lowest BCUT2D eigenvalue weighted by atomic mass is 10.1. The lowest BCUT2D eigenvalue weighted by molar-refractivity contribution is -0.120. The third-order valence-electron chi connectivity index (χ3n) is 5.90. The van der Waals surface area contributed by atoms with Gasteiger partial charge in [-0.15, -0.1) is 0 Å². The van der Waals surface area contributed by atoms with E-state index in [1.165, 1.54) is 6.92 Å². The second-order valence-corrected chi connectivity index (χ2v) is 8.52. The second-order valence-electron chi connectivity index (χ2n) is 8.52. The molecular weight excluding hydrogens is 478 g/mol. The Morgan fingerprint density at radius 2 is 1.76 bits per heavy atom. The van der Waals surface area contributed by atoms with Crippen LogP contribution in [0, 0.1) is 0 Å². The van der Waals surface area contributed by atoms with Gasteiger partial charge in [-0.1, -0.05) is 31.7 Å². The Balaban J connectivity index is 0.00000336. The van der Waals surface area contributed by atoms with Gasteiger partial charge in [-0.05, 0) is 54.1 Å². The zero-order valence-corrected chi connectivity index (χ0v) is 20.4. The van der Waals surface area contributed by atoms with E-state index in [2.05, 4.69) is 15.6 Å². The van der Waals surface area contributed by atoms with Crippen LogP contribution in [0.15, 0.2) is 79.0 Å². The van der Waals surface area contributed by atoms with Gasteiger partial charge in [0.05, 0.1) is 17.7 Å². The number of amides is 2. The maximum absolute atomic E-state index is 11.8. The quantitative estimate of drug-likeness (QED) is 0.308. The Hall–Kier alpha value is -5.05. The molecule has 0 aliphatic carbocycles. The van der Waals surface area contributed by atoms with Crippen LogP contribution in [0.5, 0.6) is 0 Å². The highest BCUT2D eigenvalue weighted by Crippen LogP contribution is 2.32. The topological polar surface area (TPSA) is 128 Å². The van der Waals surface area contributed by atoms with Crippen molar-refractivity contribution in [3.05, 3.63) is 84.6 Å². The number of likely N-dealkylation sites (N-methyl/N-ethyl adjacent to an activating group) is 1. The number of carbonyl (C=O) groups excluding carboxylic acids is 2. The summed E-state index contributed by atoms with van der Waals surface area (Å²) in [5, 5.41) is 5.46. The molecule has 4 N–H and O–H groups in total. The summed E-state index contributed by atoms with van der Waals surface area (Å²) in [6, 6.07) is 22.7. The molecule has 0 bridgehead atoms. The maximum atomic E-state index is 11.8. The van der Waals surface area contributed by atoms with Gasteiger partial charge in [0, 0.05) is 37.1 Å². The molecule has 5 rings (SSSR count). The summed E-state index contributed by atoms with van der Waals surface area (Å²) in [4.78, 5) is 37.4. The number of aromatic nitrogens is 4. The number of nitrogens with zero attached hydrogens (tertiary/aromatic N) is 4. The van der Waals surface area contributed by atoms with Gasteiger partial charge < -0.3 is 16.4 Å². The van der Waals surface area contributed by atoms with Gasteiger partial charge >= 0.3 is 0 Å². The number of benzene rings is 2. The third-order valence-corrected chi connectivity index (χ3v) is 5.90. The minimum absolute atomic E-state index is 0. The molecule has 0 unspecified atom stereocenters. The second kappa shape index (κ2) is 10.9. The predicted molar refractivity (Wildman–Crippen MR) is 151 cm³/mol. The highest BCUT2D eigenvalue weighted by Gasteiger charge is 2.19. The van der Waals surface area contributed by atoms with Gasteiger partial charge in [-0.25, -0.2) is 15.0 Å². The first-order chi connectivity index (χ1) is 17.9. The molecule has 3 heterocycles. The normalized spacial score (nSPS) is 10.6. The number of fused-ring (bicyclic) bond motifs is 1. The van der Waals surface area contributed by atoms with Crippen LogP contribution in [0.1, 0.15) is 19.9 Å². The Kier molecular flexibility index (Phi) is 7.48. The number of nitrogens with one attached hydrogen (secondary N) is 2. The first kappa shape index (κ1) is 26.0. The molecule has 3 aromatic heterocycles. The number of hydrogen-bond acceptors (Lipinski definition) is 6. The van der Waals surface area contributed by atoms with E-state index in [-0.39, 0.29) is 25.7 Å². The number of hydrogen-bond donors (Lipinski definition) is 3. The van der Waals surface area contributed by atoms with Gasteiger partial charge in [0.25, 0.3) is 0 Å². The summed E-state index contributed by atoms with van der Waals surface area (Å²) in [5.41, 5.74) is 12.2. The monoisotopic (exact) mass is 507 g/mol. The zero-order chi connectivity index (χ0) is 25.9. The highest BCUT2D eigenvalue weighted by atomic mass is 16.2. The Morgan fingerprint density at radius 3 is 2.47 bits per heavy atom. The van der Waals surface area contributed by atoms with Crippen LogP contribution >= 0.6 is 0 Å².